The standard InChI is InChI=1S/C16H15N3O2/c1-11-6-5-8-13-14(11)15(20)21-16(18-13)19(2)10-12-7-3-4-9-17-12/h3-9H,10H2,1-2H3. The van der Waals surface area contributed by atoms with Gasteiger partial charge in [-0.05, 0) is 30.7 Å². The van der Waals surface area contributed by atoms with Gasteiger partial charge in [0.2, 0.25) is 0 Å². The van der Waals surface area contributed by atoms with E-state index in [0.717, 1.165) is 11.3 Å². The highest BCUT2D eigenvalue weighted by Crippen LogP contribution is 2.17. The second kappa shape index (κ2) is 5.36. The van der Waals surface area contributed by atoms with Crippen LogP contribution in [0.4, 0.5) is 6.01 Å². The van der Waals surface area contributed by atoms with E-state index in [9.17, 15) is 4.79 Å². The zero-order chi connectivity index (χ0) is 14.8. The van der Waals surface area contributed by atoms with Gasteiger partial charge in [-0.25, -0.2) is 4.79 Å². The summed E-state index contributed by atoms with van der Waals surface area (Å²) in [4.78, 5) is 22.6. The first-order chi connectivity index (χ1) is 10.1. The van der Waals surface area contributed by atoms with Gasteiger partial charge in [0, 0.05) is 13.2 Å². The molecule has 2 heterocycles. The summed E-state index contributed by atoms with van der Waals surface area (Å²) in [6.07, 6.45) is 1.73. The average molecular weight is 281 g/mol. The van der Waals surface area contributed by atoms with Gasteiger partial charge in [-0.2, -0.15) is 4.98 Å². The van der Waals surface area contributed by atoms with Crippen molar-refractivity contribution in [2.24, 2.45) is 0 Å². The van der Waals surface area contributed by atoms with Crippen molar-refractivity contribution >= 4 is 16.9 Å². The predicted molar refractivity (Wildman–Crippen MR) is 81.4 cm³/mol. The number of hydrogen-bond acceptors (Lipinski definition) is 5. The normalized spacial score (nSPS) is 10.8. The Hall–Kier alpha value is -2.69. The summed E-state index contributed by atoms with van der Waals surface area (Å²) < 4.78 is 5.34. The lowest BCUT2D eigenvalue weighted by atomic mass is 10.1. The van der Waals surface area contributed by atoms with Gasteiger partial charge in [-0.1, -0.05) is 18.2 Å². The fraction of sp³-hybridized carbons (Fsp3) is 0.188. The lowest BCUT2D eigenvalue weighted by Gasteiger charge is -2.15. The first kappa shape index (κ1) is 13.3. The zero-order valence-electron chi connectivity index (χ0n) is 11.9. The van der Waals surface area contributed by atoms with Crippen molar-refractivity contribution in [3.63, 3.8) is 0 Å². The number of aryl methyl sites for hydroxylation is 1. The second-order valence-corrected chi connectivity index (χ2v) is 4.93. The van der Waals surface area contributed by atoms with Crippen LogP contribution in [-0.4, -0.2) is 17.0 Å². The summed E-state index contributed by atoms with van der Waals surface area (Å²) in [5, 5.41) is 0.535. The van der Waals surface area contributed by atoms with E-state index in [4.69, 9.17) is 4.42 Å². The third-order valence-electron chi connectivity index (χ3n) is 3.31. The van der Waals surface area contributed by atoms with Crippen molar-refractivity contribution in [2.45, 2.75) is 13.5 Å². The number of benzene rings is 1. The SMILES string of the molecule is Cc1cccc2nc(N(C)Cc3ccccn3)oc(=O)c12. The topological polar surface area (TPSA) is 59.2 Å². The number of fused-ring (bicyclic) bond motifs is 1. The van der Waals surface area contributed by atoms with Crippen molar-refractivity contribution in [1.29, 1.82) is 0 Å². The number of anilines is 1. The first-order valence-corrected chi connectivity index (χ1v) is 6.66. The van der Waals surface area contributed by atoms with Crippen LogP contribution in [0.1, 0.15) is 11.3 Å². The van der Waals surface area contributed by atoms with Crippen LogP contribution in [0, 0.1) is 6.92 Å². The van der Waals surface area contributed by atoms with Crippen LogP contribution in [0.3, 0.4) is 0 Å². The average Bonchev–Trinajstić information content (AvgIpc) is 2.48. The Labute approximate surface area is 121 Å². The predicted octanol–water partition coefficient (Wildman–Crippen LogP) is 2.53. The molecule has 0 radical (unpaired) electrons. The largest absolute Gasteiger partial charge is 0.389 e. The summed E-state index contributed by atoms with van der Waals surface area (Å²) in [7, 11) is 1.82. The monoisotopic (exact) mass is 281 g/mol. The molecule has 0 bridgehead atoms. The Morgan fingerprint density at radius 2 is 2.05 bits per heavy atom. The van der Waals surface area contributed by atoms with Gasteiger partial charge >= 0.3 is 11.6 Å². The molecule has 0 fully saturated rings. The highest BCUT2D eigenvalue weighted by Gasteiger charge is 2.12. The van der Waals surface area contributed by atoms with Crippen LogP contribution in [0.2, 0.25) is 0 Å². The van der Waals surface area contributed by atoms with E-state index in [-0.39, 0.29) is 5.63 Å². The van der Waals surface area contributed by atoms with Crippen LogP contribution >= 0.6 is 0 Å². The van der Waals surface area contributed by atoms with Crippen LogP contribution in [0.5, 0.6) is 0 Å². The van der Waals surface area contributed by atoms with Crippen molar-refractivity contribution in [1.82, 2.24) is 9.97 Å². The first-order valence-electron chi connectivity index (χ1n) is 6.66. The molecule has 0 aliphatic heterocycles. The Kier molecular flexibility index (Phi) is 3.39. The minimum absolute atomic E-state index is 0.295. The molecule has 0 N–H and O–H groups in total. The number of rotatable bonds is 3. The Morgan fingerprint density at radius 3 is 2.81 bits per heavy atom. The minimum atomic E-state index is -0.360. The van der Waals surface area contributed by atoms with Crippen molar-refractivity contribution in [3.8, 4) is 0 Å². The molecule has 3 rings (SSSR count). The smallest absolute Gasteiger partial charge is 0.348 e. The molecule has 0 aliphatic carbocycles. The van der Waals surface area contributed by atoms with Gasteiger partial charge in [0.15, 0.2) is 0 Å². The zero-order valence-corrected chi connectivity index (χ0v) is 11.9. The van der Waals surface area contributed by atoms with Gasteiger partial charge in [0.1, 0.15) is 0 Å². The van der Waals surface area contributed by atoms with Crippen LogP contribution in [-0.2, 0) is 6.54 Å². The molecule has 0 saturated heterocycles. The highest BCUT2D eigenvalue weighted by molar-refractivity contribution is 5.81. The summed E-state index contributed by atoms with van der Waals surface area (Å²) in [5.74, 6) is 0. The molecule has 0 aliphatic rings. The maximum absolute atomic E-state index is 12.1. The number of pyridine rings is 1. The molecular formula is C16H15N3O2. The van der Waals surface area contributed by atoms with Crippen molar-refractivity contribution < 1.29 is 4.42 Å². The van der Waals surface area contributed by atoms with E-state index in [0.29, 0.717) is 23.5 Å². The highest BCUT2D eigenvalue weighted by atomic mass is 16.4. The Bertz CT molecular complexity index is 828. The fourth-order valence-corrected chi connectivity index (χ4v) is 2.24. The summed E-state index contributed by atoms with van der Waals surface area (Å²) in [6.45, 7) is 2.40. The fourth-order valence-electron chi connectivity index (χ4n) is 2.24. The number of nitrogens with zero attached hydrogens (tertiary/aromatic N) is 3. The molecule has 0 amide bonds. The molecule has 0 spiro atoms. The molecule has 0 saturated carbocycles. The minimum Gasteiger partial charge on any atom is -0.389 e. The van der Waals surface area contributed by atoms with E-state index >= 15 is 0 Å². The summed E-state index contributed by atoms with van der Waals surface area (Å²) in [6, 6.07) is 11.6. The molecule has 0 unspecified atom stereocenters. The van der Waals surface area contributed by atoms with Gasteiger partial charge in [-0.15, -0.1) is 0 Å². The number of hydrogen-bond donors (Lipinski definition) is 0. The quantitative estimate of drug-likeness (QED) is 0.738. The molecule has 106 valence electrons. The maximum atomic E-state index is 12.1. The molecule has 3 aromatic rings. The lowest BCUT2D eigenvalue weighted by molar-refractivity contribution is 0.493. The summed E-state index contributed by atoms with van der Waals surface area (Å²) in [5.41, 5.74) is 2.04. The molecule has 21 heavy (non-hydrogen) atoms. The number of aromatic nitrogens is 2. The molecule has 2 aromatic heterocycles. The lowest BCUT2D eigenvalue weighted by Crippen LogP contribution is -2.20. The van der Waals surface area contributed by atoms with Gasteiger partial charge < -0.3 is 9.32 Å². The molecule has 5 heteroatoms. The van der Waals surface area contributed by atoms with Gasteiger partial charge in [0.05, 0.1) is 23.1 Å². The van der Waals surface area contributed by atoms with Crippen molar-refractivity contribution in [3.05, 3.63) is 64.3 Å². The second-order valence-electron chi connectivity index (χ2n) is 4.93. The van der Waals surface area contributed by atoms with E-state index < -0.39 is 0 Å². The van der Waals surface area contributed by atoms with E-state index in [2.05, 4.69) is 9.97 Å². The van der Waals surface area contributed by atoms with Crippen LogP contribution in [0.15, 0.2) is 51.8 Å². The van der Waals surface area contributed by atoms with Crippen LogP contribution < -0.4 is 10.5 Å². The Morgan fingerprint density at radius 1 is 1.19 bits per heavy atom. The third-order valence-corrected chi connectivity index (χ3v) is 3.31. The summed E-state index contributed by atoms with van der Waals surface area (Å²) >= 11 is 0. The van der Waals surface area contributed by atoms with Crippen LogP contribution in [0.25, 0.3) is 10.9 Å². The maximum Gasteiger partial charge on any atom is 0.348 e. The molecule has 1 aromatic carbocycles. The molecule has 5 nitrogen and oxygen atoms in total. The van der Waals surface area contributed by atoms with Gasteiger partial charge in [0.25, 0.3) is 0 Å². The third kappa shape index (κ3) is 2.63. The van der Waals surface area contributed by atoms with E-state index in [1.165, 1.54) is 0 Å². The van der Waals surface area contributed by atoms with E-state index in [1.807, 2.05) is 50.4 Å². The van der Waals surface area contributed by atoms with Gasteiger partial charge in [-0.3, -0.25) is 4.98 Å². The van der Waals surface area contributed by atoms with Crippen molar-refractivity contribution in [2.75, 3.05) is 11.9 Å². The molecular weight excluding hydrogens is 266 g/mol. The van der Waals surface area contributed by atoms with E-state index in [1.54, 1.807) is 11.1 Å². The molecule has 0 atom stereocenters. The Balaban J connectivity index is 1.99.